The minimum absolute atomic E-state index is 0.0253. The Bertz CT molecular complexity index is 382. The molecule has 1 saturated heterocycles. The molecule has 0 aliphatic carbocycles. The van der Waals surface area contributed by atoms with Gasteiger partial charge in [0, 0.05) is 6.61 Å². The topological polar surface area (TPSA) is 81.4 Å². The van der Waals surface area contributed by atoms with Crippen molar-refractivity contribution in [3.8, 4) is 0 Å². The molecule has 0 saturated carbocycles. The highest BCUT2D eigenvalue weighted by molar-refractivity contribution is 7.93. The van der Waals surface area contributed by atoms with Crippen LogP contribution >= 0.6 is 12.2 Å². The Kier molecular flexibility index (Phi) is 3.94. The lowest BCUT2D eigenvalue weighted by Crippen LogP contribution is -2.54. The third kappa shape index (κ3) is 2.71. The van der Waals surface area contributed by atoms with Crippen molar-refractivity contribution in [1.82, 2.24) is 4.72 Å². The highest BCUT2D eigenvalue weighted by atomic mass is 32.2. The first kappa shape index (κ1) is 13.8. The van der Waals surface area contributed by atoms with Crippen molar-refractivity contribution in [2.75, 3.05) is 6.61 Å². The Labute approximate surface area is 102 Å². The second-order valence-corrected chi connectivity index (χ2v) is 6.84. The van der Waals surface area contributed by atoms with Crippen LogP contribution in [0.15, 0.2) is 0 Å². The van der Waals surface area contributed by atoms with E-state index in [9.17, 15) is 8.42 Å². The summed E-state index contributed by atoms with van der Waals surface area (Å²) in [5.74, 6) is 0. The second-order valence-electron chi connectivity index (χ2n) is 4.37. The fraction of sp³-hybridized carbons (Fsp3) is 0.889. The van der Waals surface area contributed by atoms with Gasteiger partial charge >= 0.3 is 0 Å². The monoisotopic (exact) mass is 266 g/mol. The molecule has 3 atom stereocenters. The molecule has 3 unspecified atom stereocenters. The van der Waals surface area contributed by atoms with Crippen LogP contribution in [0.2, 0.25) is 0 Å². The van der Waals surface area contributed by atoms with Crippen molar-refractivity contribution < 1.29 is 13.2 Å². The van der Waals surface area contributed by atoms with Gasteiger partial charge in [-0.2, -0.15) is 0 Å². The molecule has 0 aromatic carbocycles. The maximum atomic E-state index is 11.9. The molecule has 0 radical (unpaired) electrons. The molecule has 16 heavy (non-hydrogen) atoms. The Hall–Kier alpha value is -0.240. The summed E-state index contributed by atoms with van der Waals surface area (Å²) in [6, 6.07) is 0. The fourth-order valence-corrected chi connectivity index (χ4v) is 3.32. The molecule has 1 fully saturated rings. The Morgan fingerprint density at radius 1 is 1.69 bits per heavy atom. The molecular formula is C9H18N2O3S2. The molecule has 0 aromatic heterocycles. The summed E-state index contributed by atoms with van der Waals surface area (Å²) in [4.78, 5) is -0.0253. The smallest absolute Gasteiger partial charge is 0.221 e. The molecule has 5 nitrogen and oxygen atoms in total. The zero-order chi connectivity index (χ0) is 12.6. The van der Waals surface area contributed by atoms with Crippen molar-refractivity contribution >= 4 is 27.2 Å². The first-order chi connectivity index (χ1) is 7.19. The standard InChI is InChI=1S/C9H18N2O3S2/c1-6(8(10)15)16(12,13)11-9(3)4-5-14-7(9)2/h6-7,11H,4-5H2,1-3H3,(H2,10,15). The first-order valence-electron chi connectivity index (χ1n) is 5.13. The van der Waals surface area contributed by atoms with Crippen molar-refractivity contribution in [3.63, 3.8) is 0 Å². The summed E-state index contributed by atoms with van der Waals surface area (Å²) in [6.07, 6.45) is 0.498. The molecule has 0 bridgehead atoms. The fourth-order valence-electron chi connectivity index (χ4n) is 1.54. The van der Waals surface area contributed by atoms with Crippen molar-refractivity contribution in [2.45, 2.75) is 44.1 Å². The number of hydrogen-bond acceptors (Lipinski definition) is 4. The van der Waals surface area contributed by atoms with Gasteiger partial charge in [0.15, 0.2) is 0 Å². The molecule has 1 aliphatic rings. The quantitative estimate of drug-likeness (QED) is 0.708. The molecule has 7 heteroatoms. The average molecular weight is 266 g/mol. The number of hydrogen-bond donors (Lipinski definition) is 2. The molecule has 1 heterocycles. The molecule has 3 N–H and O–H groups in total. The Balaban J connectivity index is 2.84. The van der Waals surface area contributed by atoms with Gasteiger partial charge in [-0.1, -0.05) is 12.2 Å². The summed E-state index contributed by atoms with van der Waals surface area (Å²) >= 11 is 4.70. The predicted molar refractivity (Wildman–Crippen MR) is 66.7 cm³/mol. The summed E-state index contributed by atoms with van der Waals surface area (Å²) in [5.41, 5.74) is 4.78. The molecule has 0 spiro atoms. The van der Waals surface area contributed by atoms with E-state index in [0.717, 1.165) is 0 Å². The van der Waals surface area contributed by atoms with Crippen LogP contribution < -0.4 is 10.5 Å². The number of nitrogens with two attached hydrogens (primary N) is 1. The summed E-state index contributed by atoms with van der Waals surface area (Å²) in [7, 11) is -3.53. The second kappa shape index (κ2) is 4.56. The van der Waals surface area contributed by atoms with E-state index in [1.807, 2.05) is 13.8 Å². The van der Waals surface area contributed by atoms with Gasteiger partial charge in [-0.05, 0) is 27.2 Å². The highest BCUT2D eigenvalue weighted by Gasteiger charge is 2.41. The van der Waals surface area contributed by atoms with E-state index in [-0.39, 0.29) is 11.1 Å². The minimum Gasteiger partial charge on any atom is -0.392 e. The normalized spacial score (nSPS) is 32.6. The van der Waals surface area contributed by atoms with Crippen molar-refractivity contribution in [1.29, 1.82) is 0 Å². The van der Waals surface area contributed by atoms with Crippen LogP contribution in [-0.2, 0) is 14.8 Å². The molecular weight excluding hydrogens is 248 g/mol. The third-order valence-electron chi connectivity index (χ3n) is 3.13. The van der Waals surface area contributed by atoms with Crippen LogP contribution in [0.5, 0.6) is 0 Å². The van der Waals surface area contributed by atoms with Gasteiger partial charge < -0.3 is 10.5 Å². The summed E-state index contributed by atoms with van der Waals surface area (Å²) < 4.78 is 31.9. The van der Waals surface area contributed by atoms with E-state index < -0.39 is 20.8 Å². The van der Waals surface area contributed by atoms with Gasteiger partial charge in [0.05, 0.1) is 16.6 Å². The molecule has 94 valence electrons. The average Bonchev–Trinajstić information content (AvgIpc) is 2.44. The molecule has 0 aromatic rings. The van der Waals surface area contributed by atoms with E-state index in [0.29, 0.717) is 13.0 Å². The van der Waals surface area contributed by atoms with Gasteiger partial charge in [0.25, 0.3) is 0 Å². The Morgan fingerprint density at radius 3 is 2.62 bits per heavy atom. The number of rotatable bonds is 4. The van der Waals surface area contributed by atoms with Crippen LogP contribution in [-0.4, -0.2) is 36.9 Å². The first-order valence-corrected chi connectivity index (χ1v) is 7.08. The van der Waals surface area contributed by atoms with Gasteiger partial charge in [0.1, 0.15) is 5.25 Å². The van der Waals surface area contributed by atoms with Crippen LogP contribution in [0, 0.1) is 0 Å². The Morgan fingerprint density at radius 2 is 2.25 bits per heavy atom. The highest BCUT2D eigenvalue weighted by Crippen LogP contribution is 2.26. The molecule has 1 aliphatic heterocycles. The van der Waals surface area contributed by atoms with Gasteiger partial charge in [-0.15, -0.1) is 0 Å². The van der Waals surface area contributed by atoms with Crippen LogP contribution in [0.25, 0.3) is 0 Å². The van der Waals surface area contributed by atoms with E-state index in [1.165, 1.54) is 6.92 Å². The summed E-state index contributed by atoms with van der Waals surface area (Å²) in [5, 5.41) is -0.868. The summed E-state index contributed by atoms with van der Waals surface area (Å²) in [6.45, 7) is 5.71. The zero-order valence-corrected chi connectivity index (χ0v) is 11.3. The van der Waals surface area contributed by atoms with E-state index in [2.05, 4.69) is 4.72 Å². The van der Waals surface area contributed by atoms with E-state index in [4.69, 9.17) is 22.7 Å². The molecule has 0 amide bonds. The number of thiocarbonyl (C=S) groups is 1. The van der Waals surface area contributed by atoms with Crippen molar-refractivity contribution in [3.05, 3.63) is 0 Å². The van der Waals surface area contributed by atoms with Crippen molar-refractivity contribution in [2.24, 2.45) is 5.73 Å². The maximum absolute atomic E-state index is 11.9. The van der Waals surface area contributed by atoms with Crippen LogP contribution in [0.1, 0.15) is 27.2 Å². The minimum atomic E-state index is -3.53. The predicted octanol–water partition coefficient (Wildman–Crippen LogP) is 0.148. The largest absolute Gasteiger partial charge is 0.392 e. The van der Waals surface area contributed by atoms with Crippen LogP contribution in [0.3, 0.4) is 0 Å². The number of ether oxygens (including phenoxy) is 1. The SMILES string of the molecule is CC1OCCC1(C)NS(=O)(=O)C(C)C(N)=S. The molecule has 1 rings (SSSR count). The lowest BCUT2D eigenvalue weighted by Gasteiger charge is -2.29. The lowest BCUT2D eigenvalue weighted by atomic mass is 9.97. The van der Waals surface area contributed by atoms with Crippen LogP contribution in [0.4, 0.5) is 0 Å². The number of sulfonamides is 1. The third-order valence-corrected chi connectivity index (χ3v) is 5.57. The van der Waals surface area contributed by atoms with E-state index in [1.54, 1.807) is 0 Å². The number of nitrogens with one attached hydrogen (secondary N) is 1. The van der Waals surface area contributed by atoms with Gasteiger partial charge in [-0.25, -0.2) is 13.1 Å². The zero-order valence-electron chi connectivity index (χ0n) is 9.69. The van der Waals surface area contributed by atoms with E-state index >= 15 is 0 Å². The maximum Gasteiger partial charge on any atom is 0.221 e. The lowest BCUT2D eigenvalue weighted by molar-refractivity contribution is 0.0957. The van der Waals surface area contributed by atoms with Gasteiger partial charge in [0.2, 0.25) is 10.0 Å². The van der Waals surface area contributed by atoms with Gasteiger partial charge in [-0.3, -0.25) is 0 Å².